The molecule has 164 valence electrons. The standard InChI is InChI=1S/C21H26N6O4/c1-30-12-6-7-15(31-2)14(10-12)23-20(29)13-11-16(28)24-19-17(13)18(22)25-21(26-19)27-8-4-3-5-9-27/h6-7,10,13H,3-5,8-9,11H2,1-2H3,(H,23,29)(H3,22,24,25,26,28)/t13-/m1/s1. The van der Waals surface area contributed by atoms with Gasteiger partial charge in [-0.3, -0.25) is 9.59 Å². The van der Waals surface area contributed by atoms with Crippen LogP contribution < -0.4 is 30.7 Å². The molecule has 0 saturated carbocycles. The van der Waals surface area contributed by atoms with Crippen LogP contribution in [0.25, 0.3) is 0 Å². The molecule has 1 saturated heterocycles. The Morgan fingerprint density at radius 2 is 1.97 bits per heavy atom. The van der Waals surface area contributed by atoms with E-state index < -0.39 is 11.8 Å². The minimum Gasteiger partial charge on any atom is -0.497 e. The van der Waals surface area contributed by atoms with Gasteiger partial charge in [-0.05, 0) is 31.4 Å². The van der Waals surface area contributed by atoms with E-state index in [2.05, 4.69) is 25.5 Å². The molecule has 1 aromatic carbocycles. The number of aromatic nitrogens is 2. The van der Waals surface area contributed by atoms with Crippen LogP contribution in [0.3, 0.4) is 0 Å². The molecule has 2 aromatic rings. The smallest absolute Gasteiger partial charge is 0.232 e. The van der Waals surface area contributed by atoms with Crippen LogP contribution >= 0.6 is 0 Å². The number of rotatable bonds is 5. The second-order valence-electron chi connectivity index (χ2n) is 7.58. The largest absolute Gasteiger partial charge is 0.497 e. The highest BCUT2D eigenvalue weighted by Crippen LogP contribution is 2.38. The Bertz CT molecular complexity index is 1010. The summed E-state index contributed by atoms with van der Waals surface area (Å²) in [6.07, 6.45) is 3.23. The van der Waals surface area contributed by atoms with Crippen molar-refractivity contribution < 1.29 is 19.1 Å². The van der Waals surface area contributed by atoms with Gasteiger partial charge in [-0.15, -0.1) is 0 Å². The summed E-state index contributed by atoms with van der Waals surface area (Å²) < 4.78 is 10.6. The summed E-state index contributed by atoms with van der Waals surface area (Å²) in [5, 5.41) is 5.58. The van der Waals surface area contributed by atoms with E-state index in [0.717, 1.165) is 25.9 Å². The number of anilines is 4. The van der Waals surface area contributed by atoms with E-state index in [9.17, 15) is 9.59 Å². The second-order valence-corrected chi connectivity index (χ2v) is 7.58. The lowest BCUT2D eigenvalue weighted by molar-refractivity contribution is -0.123. The summed E-state index contributed by atoms with van der Waals surface area (Å²) in [6.45, 7) is 1.68. The van der Waals surface area contributed by atoms with Crippen LogP contribution in [0.15, 0.2) is 18.2 Å². The number of amides is 2. The van der Waals surface area contributed by atoms with E-state index >= 15 is 0 Å². The molecule has 0 radical (unpaired) electrons. The van der Waals surface area contributed by atoms with Crippen LogP contribution in [-0.2, 0) is 9.59 Å². The molecule has 10 heteroatoms. The van der Waals surface area contributed by atoms with Gasteiger partial charge in [0.25, 0.3) is 0 Å². The molecule has 0 aliphatic carbocycles. The highest BCUT2D eigenvalue weighted by atomic mass is 16.5. The van der Waals surface area contributed by atoms with Crippen LogP contribution in [0.1, 0.15) is 37.2 Å². The summed E-state index contributed by atoms with van der Waals surface area (Å²) in [6, 6.07) is 5.07. The van der Waals surface area contributed by atoms with Crippen molar-refractivity contribution in [3.63, 3.8) is 0 Å². The second kappa shape index (κ2) is 8.66. The monoisotopic (exact) mass is 426 g/mol. The number of nitrogens with zero attached hydrogens (tertiary/aromatic N) is 3. The molecule has 4 rings (SSSR count). The van der Waals surface area contributed by atoms with Crippen LogP contribution in [0.5, 0.6) is 11.5 Å². The highest BCUT2D eigenvalue weighted by Gasteiger charge is 2.35. The first-order valence-electron chi connectivity index (χ1n) is 10.2. The molecule has 1 aromatic heterocycles. The molecule has 0 unspecified atom stereocenters. The van der Waals surface area contributed by atoms with E-state index in [1.54, 1.807) is 18.2 Å². The van der Waals surface area contributed by atoms with Crippen LogP contribution in [0, 0.1) is 0 Å². The van der Waals surface area contributed by atoms with Gasteiger partial charge >= 0.3 is 0 Å². The molecule has 2 aliphatic heterocycles. The number of carbonyl (C=O) groups excluding carboxylic acids is 2. The Balaban J connectivity index is 1.65. The lowest BCUT2D eigenvalue weighted by Gasteiger charge is -2.30. The van der Waals surface area contributed by atoms with E-state index in [-0.39, 0.29) is 18.1 Å². The minimum absolute atomic E-state index is 0.0538. The molecule has 4 N–H and O–H groups in total. The number of methoxy groups -OCH3 is 2. The van der Waals surface area contributed by atoms with Gasteiger partial charge in [-0.25, -0.2) is 0 Å². The van der Waals surface area contributed by atoms with Gasteiger partial charge in [-0.1, -0.05) is 0 Å². The van der Waals surface area contributed by atoms with Crippen molar-refractivity contribution in [3.8, 4) is 11.5 Å². The van der Waals surface area contributed by atoms with Crippen molar-refractivity contribution >= 4 is 35.1 Å². The molecule has 31 heavy (non-hydrogen) atoms. The Kier molecular flexibility index (Phi) is 5.79. The van der Waals surface area contributed by atoms with Gasteiger partial charge in [0.1, 0.15) is 23.1 Å². The van der Waals surface area contributed by atoms with E-state index in [1.807, 2.05) is 0 Å². The van der Waals surface area contributed by atoms with Gasteiger partial charge in [0.05, 0.1) is 31.4 Å². The van der Waals surface area contributed by atoms with E-state index in [0.29, 0.717) is 34.5 Å². The summed E-state index contributed by atoms with van der Waals surface area (Å²) in [4.78, 5) is 36.6. The molecule has 3 heterocycles. The first-order chi connectivity index (χ1) is 15.0. The van der Waals surface area contributed by atoms with E-state index in [1.165, 1.54) is 20.6 Å². The number of nitrogens with one attached hydrogen (secondary N) is 2. The molecule has 0 spiro atoms. The summed E-state index contributed by atoms with van der Waals surface area (Å²) >= 11 is 0. The normalized spacial score (nSPS) is 18.1. The van der Waals surface area contributed by atoms with Gasteiger partial charge in [-0.2, -0.15) is 9.97 Å². The summed E-state index contributed by atoms with van der Waals surface area (Å²) in [7, 11) is 3.04. The number of nitrogens with two attached hydrogens (primary N) is 1. The Morgan fingerprint density at radius 1 is 1.19 bits per heavy atom. The van der Waals surface area contributed by atoms with Crippen molar-refractivity contribution in [1.82, 2.24) is 9.97 Å². The Labute approximate surface area is 180 Å². The maximum Gasteiger partial charge on any atom is 0.232 e. The number of hydrogen-bond donors (Lipinski definition) is 3. The fraction of sp³-hybridized carbons (Fsp3) is 0.429. The third-order valence-electron chi connectivity index (χ3n) is 5.58. The lowest BCUT2D eigenvalue weighted by Crippen LogP contribution is -2.35. The maximum atomic E-state index is 13.2. The van der Waals surface area contributed by atoms with Crippen LogP contribution in [-0.4, -0.2) is 49.1 Å². The molecular weight excluding hydrogens is 400 g/mol. The predicted octanol–water partition coefficient (Wildman–Crippen LogP) is 2.13. The SMILES string of the molecule is COc1ccc(OC)c(NC(=O)[C@@H]2CC(=O)Nc3nc(N4CCCCC4)nc(N)c32)c1. The van der Waals surface area contributed by atoms with Gasteiger partial charge in [0.2, 0.25) is 17.8 Å². The number of benzene rings is 1. The third-order valence-corrected chi connectivity index (χ3v) is 5.58. The van der Waals surface area contributed by atoms with Crippen molar-refractivity contribution in [1.29, 1.82) is 0 Å². The number of ether oxygens (including phenoxy) is 2. The van der Waals surface area contributed by atoms with Gasteiger partial charge in [0.15, 0.2) is 0 Å². The first kappa shape index (κ1) is 20.7. The lowest BCUT2D eigenvalue weighted by atomic mass is 9.91. The zero-order chi connectivity index (χ0) is 22.0. The molecule has 10 nitrogen and oxygen atoms in total. The van der Waals surface area contributed by atoms with Crippen LogP contribution in [0.4, 0.5) is 23.3 Å². The molecule has 1 atom stereocenters. The molecular formula is C21H26N6O4. The minimum atomic E-state index is -0.824. The molecule has 2 aliphatic rings. The maximum absolute atomic E-state index is 13.2. The summed E-state index contributed by atoms with van der Waals surface area (Å²) in [5.74, 6) is 0.482. The molecule has 1 fully saturated rings. The topological polar surface area (TPSA) is 132 Å². The zero-order valence-electron chi connectivity index (χ0n) is 17.6. The molecule has 2 amide bonds. The number of hydrogen-bond acceptors (Lipinski definition) is 8. The van der Waals surface area contributed by atoms with Crippen LogP contribution in [0.2, 0.25) is 0 Å². The number of piperidine rings is 1. The van der Waals surface area contributed by atoms with Crippen molar-refractivity contribution in [3.05, 3.63) is 23.8 Å². The Morgan fingerprint density at radius 3 is 2.68 bits per heavy atom. The Hall–Kier alpha value is -3.56. The quantitative estimate of drug-likeness (QED) is 0.663. The van der Waals surface area contributed by atoms with Gasteiger partial charge < -0.3 is 30.7 Å². The average molecular weight is 426 g/mol. The number of fused-ring (bicyclic) bond motifs is 1. The van der Waals surface area contributed by atoms with Crippen molar-refractivity contribution in [2.45, 2.75) is 31.6 Å². The number of carbonyl (C=O) groups is 2. The van der Waals surface area contributed by atoms with Crippen molar-refractivity contribution in [2.75, 3.05) is 48.6 Å². The first-order valence-corrected chi connectivity index (χ1v) is 10.2. The fourth-order valence-corrected chi connectivity index (χ4v) is 3.97. The fourth-order valence-electron chi connectivity index (χ4n) is 3.97. The summed E-state index contributed by atoms with van der Waals surface area (Å²) in [5.41, 5.74) is 7.13. The predicted molar refractivity (Wildman–Crippen MR) is 117 cm³/mol. The average Bonchev–Trinajstić information content (AvgIpc) is 2.78. The molecule has 0 bridgehead atoms. The van der Waals surface area contributed by atoms with Crippen molar-refractivity contribution in [2.24, 2.45) is 0 Å². The number of nitrogen functional groups attached to an aromatic ring is 1. The van der Waals surface area contributed by atoms with E-state index in [4.69, 9.17) is 15.2 Å². The van der Waals surface area contributed by atoms with Gasteiger partial charge in [0, 0.05) is 25.6 Å². The zero-order valence-corrected chi connectivity index (χ0v) is 17.6. The highest BCUT2D eigenvalue weighted by molar-refractivity contribution is 6.06. The third kappa shape index (κ3) is 4.18.